The molecule has 3 rings (SSSR count). The van der Waals surface area contributed by atoms with E-state index in [-0.39, 0.29) is 6.04 Å². The number of ether oxygens (including phenoxy) is 1. The van der Waals surface area contributed by atoms with Gasteiger partial charge in [-0.1, -0.05) is 42.5 Å². The zero-order valence-corrected chi connectivity index (χ0v) is 18.7. The van der Waals surface area contributed by atoms with E-state index in [2.05, 4.69) is 70.1 Å². The Labute approximate surface area is 184 Å². The van der Waals surface area contributed by atoms with Gasteiger partial charge in [-0.25, -0.2) is 0 Å². The average Bonchev–Trinajstić information content (AvgIpc) is 3.30. The first kappa shape index (κ1) is 22.4. The Balaban J connectivity index is 1.63. The van der Waals surface area contributed by atoms with Crippen molar-refractivity contribution in [2.75, 3.05) is 34.8 Å². The molecular weight excluding hydrogens is 388 g/mol. The van der Waals surface area contributed by atoms with E-state index in [9.17, 15) is 0 Å². The van der Waals surface area contributed by atoms with Gasteiger partial charge in [0, 0.05) is 38.1 Å². The van der Waals surface area contributed by atoms with Crippen LogP contribution in [-0.4, -0.2) is 55.4 Å². The number of rotatable bonds is 9. The van der Waals surface area contributed by atoms with Crippen molar-refractivity contribution < 1.29 is 4.74 Å². The molecule has 0 saturated heterocycles. The van der Waals surface area contributed by atoms with E-state index in [1.54, 1.807) is 20.4 Å². The Hall–Kier alpha value is -3.32. The number of aromatic nitrogens is 2. The van der Waals surface area contributed by atoms with Crippen LogP contribution in [0.5, 0.6) is 5.75 Å². The normalized spacial score (nSPS) is 12.6. The predicted molar refractivity (Wildman–Crippen MR) is 125 cm³/mol. The molecule has 3 aromatic rings. The molecule has 0 aliphatic rings. The summed E-state index contributed by atoms with van der Waals surface area (Å²) in [6.45, 7) is 2.12. The van der Waals surface area contributed by atoms with Crippen LogP contribution >= 0.6 is 0 Å². The van der Waals surface area contributed by atoms with Gasteiger partial charge in [0.2, 0.25) is 0 Å². The minimum absolute atomic E-state index is 0.141. The maximum atomic E-state index is 5.56. The number of hydrogen-bond acceptors (Lipinski definition) is 4. The highest BCUT2D eigenvalue weighted by Crippen LogP contribution is 2.27. The molecule has 0 aliphatic heterocycles. The fourth-order valence-corrected chi connectivity index (χ4v) is 3.56. The van der Waals surface area contributed by atoms with Crippen molar-refractivity contribution in [3.8, 4) is 5.75 Å². The van der Waals surface area contributed by atoms with Crippen molar-refractivity contribution in [3.63, 3.8) is 0 Å². The smallest absolute Gasteiger partial charge is 0.191 e. The lowest BCUT2D eigenvalue weighted by Crippen LogP contribution is -2.41. The second kappa shape index (κ2) is 11.2. The molecule has 0 bridgehead atoms. The zero-order chi connectivity index (χ0) is 22.1. The van der Waals surface area contributed by atoms with E-state index < -0.39 is 0 Å². The molecular formula is C24H32N6O. The maximum absolute atomic E-state index is 5.56. The van der Waals surface area contributed by atoms with E-state index in [1.165, 1.54) is 11.1 Å². The summed E-state index contributed by atoms with van der Waals surface area (Å²) in [5, 5.41) is 11.2. The van der Waals surface area contributed by atoms with Crippen LogP contribution in [0.2, 0.25) is 0 Å². The van der Waals surface area contributed by atoms with Crippen LogP contribution < -0.4 is 15.4 Å². The number of hydrogen-bond donors (Lipinski definition) is 2. The van der Waals surface area contributed by atoms with Crippen LogP contribution in [0.15, 0.2) is 72.0 Å². The van der Waals surface area contributed by atoms with E-state index >= 15 is 0 Å². The number of nitrogens with one attached hydrogen (secondary N) is 2. The monoisotopic (exact) mass is 420 g/mol. The van der Waals surface area contributed by atoms with Crippen molar-refractivity contribution in [3.05, 3.63) is 83.7 Å². The summed E-state index contributed by atoms with van der Waals surface area (Å²) >= 11 is 0. The first-order valence-electron chi connectivity index (χ1n) is 10.4. The molecule has 1 aromatic heterocycles. The largest absolute Gasteiger partial charge is 0.496 e. The molecule has 0 amide bonds. The quantitative estimate of drug-likeness (QED) is 0.412. The van der Waals surface area contributed by atoms with Gasteiger partial charge in [-0.15, -0.1) is 0 Å². The van der Waals surface area contributed by atoms with E-state index in [0.717, 1.165) is 23.8 Å². The number of methoxy groups -OCH3 is 1. The molecule has 31 heavy (non-hydrogen) atoms. The Morgan fingerprint density at radius 3 is 2.48 bits per heavy atom. The van der Waals surface area contributed by atoms with Crippen LogP contribution in [0, 0.1) is 0 Å². The third kappa shape index (κ3) is 6.08. The van der Waals surface area contributed by atoms with Gasteiger partial charge in [0.25, 0.3) is 0 Å². The number of likely N-dealkylation sites (N-methyl/N-ethyl adjacent to an activating group) is 1. The standard InChI is InChI=1S/C24H32N6O/c1-25-24(27-17-22(29(2)3)21-12-7-8-13-23(21)31-4)26-16-19-10-5-6-11-20(19)18-30-15-9-14-28-30/h5-15,22H,16-18H2,1-4H3,(H2,25,26,27). The van der Waals surface area contributed by atoms with Crippen LogP contribution in [0.3, 0.4) is 0 Å². The van der Waals surface area contributed by atoms with E-state index in [0.29, 0.717) is 13.1 Å². The van der Waals surface area contributed by atoms with Crippen molar-refractivity contribution in [1.82, 2.24) is 25.3 Å². The van der Waals surface area contributed by atoms with Gasteiger partial charge >= 0.3 is 0 Å². The molecule has 0 saturated carbocycles. The first-order valence-corrected chi connectivity index (χ1v) is 10.4. The van der Waals surface area contributed by atoms with Crippen LogP contribution in [0.25, 0.3) is 0 Å². The van der Waals surface area contributed by atoms with Gasteiger partial charge < -0.3 is 20.3 Å². The summed E-state index contributed by atoms with van der Waals surface area (Å²) in [6.07, 6.45) is 3.78. The minimum atomic E-state index is 0.141. The van der Waals surface area contributed by atoms with Crippen LogP contribution in [0.4, 0.5) is 0 Å². The fraction of sp³-hybridized carbons (Fsp3) is 0.333. The Kier molecular flexibility index (Phi) is 8.06. The lowest BCUT2D eigenvalue weighted by Gasteiger charge is -2.27. The average molecular weight is 421 g/mol. The lowest BCUT2D eigenvalue weighted by molar-refractivity contribution is 0.287. The van der Waals surface area contributed by atoms with Crippen molar-refractivity contribution in [2.45, 2.75) is 19.1 Å². The SMILES string of the molecule is CN=C(NCc1ccccc1Cn1cccn1)NCC(c1ccccc1OC)N(C)C. The van der Waals surface area contributed by atoms with Crippen LogP contribution in [0.1, 0.15) is 22.7 Å². The summed E-state index contributed by atoms with van der Waals surface area (Å²) in [4.78, 5) is 6.58. The Morgan fingerprint density at radius 2 is 1.81 bits per heavy atom. The summed E-state index contributed by atoms with van der Waals surface area (Å²) < 4.78 is 7.50. The molecule has 0 fully saturated rings. The van der Waals surface area contributed by atoms with Gasteiger partial charge in [-0.2, -0.15) is 5.10 Å². The van der Waals surface area contributed by atoms with Gasteiger partial charge in [0.05, 0.1) is 19.7 Å². The highest BCUT2D eigenvalue weighted by molar-refractivity contribution is 5.79. The summed E-state index contributed by atoms with van der Waals surface area (Å²) in [6, 6.07) is 18.6. The second-order valence-corrected chi connectivity index (χ2v) is 7.50. The van der Waals surface area contributed by atoms with Crippen LogP contribution in [-0.2, 0) is 13.1 Å². The van der Waals surface area contributed by atoms with Gasteiger partial charge in [0.15, 0.2) is 5.96 Å². The molecule has 164 valence electrons. The molecule has 1 heterocycles. The first-order chi connectivity index (χ1) is 15.1. The summed E-state index contributed by atoms with van der Waals surface area (Å²) in [7, 11) is 7.64. The number of nitrogens with zero attached hydrogens (tertiary/aromatic N) is 4. The molecule has 0 spiro atoms. The van der Waals surface area contributed by atoms with Gasteiger partial charge in [-0.3, -0.25) is 9.67 Å². The number of guanidine groups is 1. The molecule has 7 heteroatoms. The predicted octanol–water partition coefficient (Wildman–Crippen LogP) is 2.91. The molecule has 0 radical (unpaired) electrons. The summed E-state index contributed by atoms with van der Waals surface area (Å²) in [5.74, 6) is 1.65. The van der Waals surface area contributed by atoms with Gasteiger partial charge in [-0.05, 0) is 37.4 Å². The third-order valence-electron chi connectivity index (χ3n) is 5.26. The highest BCUT2D eigenvalue weighted by atomic mass is 16.5. The highest BCUT2D eigenvalue weighted by Gasteiger charge is 2.18. The fourth-order valence-electron chi connectivity index (χ4n) is 3.56. The Morgan fingerprint density at radius 1 is 1.06 bits per heavy atom. The van der Waals surface area contributed by atoms with Crippen molar-refractivity contribution in [2.24, 2.45) is 4.99 Å². The molecule has 2 aromatic carbocycles. The Bertz CT molecular complexity index is 968. The second-order valence-electron chi connectivity index (χ2n) is 7.50. The molecule has 1 atom stereocenters. The number of para-hydroxylation sites is 1. The van der Waals surface area contributed by atoms with Gasteiger partial charge in [0.1, 0.15) is 5.75 Å². The molecule has 2 N–H and O–H groups in total. The van der Waals surface area contributed by atoms with Crippen molar-refractivity contribution >= 4 is 5.96 Å². The summed E-state index contributed by atoms with van der Waals surface area (Å²) in [5.41, 5.74) is 3.59. The zero-order valence-electron chi connectivity index (χ0n) is 18.7. The lowest BCUT2D eigenvalue weighted by atomic mass is 10.0. The molecule has 1 unspecified atom stereocenters. The number of aliphatic imine (C=N–C) groups is 1. The topological polar surface area (TPSA) is 66.7 Å². The molecule has 0 aliphatic carbocycles. The number of benzene rings is 2. The third-order valence-corrected chi connectivity index (χ3v) is 5.26. The van der Waals surface area contributed by atoms with E-state index in [4.69, 9.17) is 4.74 Å². The minimum Gasteiger partial charge on any atom is -0.496 e. The maximum Gasteiger partial charge on any atom is 0.191 e. The molecule has 7 nitrogen and oxygen atoms in total. The van der Waals surface area contributed by atoms with E-state index in [1.807, 2.05) is 35.1 Å². The van der Waals surface area contributed by atoms with Crippen molar-refractivity contribution in [1.29, 1.82) is 0 Å².